The van der Waals surface area contributed by atoms with Gasteiger partial charge in [-0.25, -0.2) is 0 Å². The smallest absolute Gasteiger partial charge is 0.353 e. The molecule has 5 unspecified atom stereocenters. The van der Waals surface area contributed by atoms with Crippen molar-refractivity contribution >= 4 is 16.8 Å². The molecule has 2 aromatic rings. The number of carbonyl (C=O) groups excluding carboxylic acids is 1. The van der Waals surface area contributed by atoms with Crippen molar-refractivity contribution in [2.45, 2.75) is 115 Å². The van der Waals surface area contributed by atoms with Crippen LogP contribution in [0, 0.1) is 29.6 Å². The van der Waals surface area contributed by atoms with E-state index in [0.29, 0.717) is 44.1 Å². The quantitative estimate of drug-likeness (QED) is 0.330. The first-order valence-electron chi connectivity index (χ1n) is 16.1. The van der Waals surface area contributed by atoms with Crippen LogP contribution in [0.5, 0.6) is 0 Å². The largest absolute Gasteiger partial charge is 0.391 e. The van der Waals surface area contributed by atoms with Crippen LogP contribution in [-0.4, -0.2) is 33.9 Å². The molecule has 44 heavy (non-hydrogen) atoms. The predicted octanol–water partition coefficient (Wildman–Crippen LogP) is 7.99. The van der Waals surface area contributed by atoms with Crippen LogP contribution in [0.1, 0.15) is 101 Å². The number of aromatic nitrogens is 2. The summed E-state index contributed by atoms with van der Waals surface area (Å²) >= 11 is 0. The van der Waals surface area contributed by atoms with Crippen molar-refractivity contribution in [1.82, 2.24) is 14.9 Å². The molecule has 0 spiro atoms. The number of fused-ring (bicyclic) bond motifs is 1. The van der Waals surface area contributed by atoms with Crippen molar-refractivity contribution in [3.63, 3.8) is 0 Å². The lowest BCUT2D eigenvalue weighted by Gasteiger charge is -2.36. The summed E-state index contributed by atoms with van der Waals surface area (Å²) in [6.45, 7) is 2.09. The maximum Gasteiger partial charge on any atom is 0.391 e. The van der Waals surface area contributed by atoms with Crippen LogP contribution in [0.25, 0.3) is 10.9 Å². The van der Waals surface area contributed by atoms with Crippen LogP contribution < -0.4 is 10.9 Å². The lowest BCUT2D eigenvalue weighted by molar-refractivity contribution is -0.186. The molecule has 0 radical (unpaired) electrons. The monoisotopic (exact) mass is 627 g/mol. The van der Waals surface area contributed by atoms with Crippen molar-refractivity contribution in [1.29, 1.82) is 0 Å². The van der Waals surface area contributed by atoms with Gasteiger partial charge in [-0.2, -0.15) is 26.3 Å². The average molecular weight is 628 g/mol. The Balaban J connectivity index is 1.24. The van der Waals surface area contributed by atoms with Gasteiger partial charge in [0.15, 0.2) is 0 Å². The van der Waals surface area contributed by atoms with Crippen LogP contribution in [-0.2, 0) is 18.3 Å². The van der Waals surface area contributed by atoms with Crippen molar-refractivity contribution in [2.75, 3.05) is 0 Å². The summed E-state index contributed by atoms with van der Waals surface area (Å²) in [7, 11) is 1.73. The minimum Gasteiger partial charge on any atom is -0.353 e. The van der Waals surface area contributed by atoms with E-state index in [1.54, 1.807) is 17.8 Å². The van der Waals surface area contributed by atoms with E-state index in [1.165, 1.54) is 0 Å². The molecular weight excluding hydrogens is 584 g/mol. The zero-order valence-electron chi connectivity index (χ0n) is 25.4. The van der Waals surface area contributed by atoms with Gasteiger partial charge in [0.2, 0.25) is 5.91 Å². The summed E-state index contributed by atoms with van der Waals surface area (Å²) in [5, 5.41) is 3.84. The third kappa shape index (κ3) is 7.44. The molecule has 244 valence electrons. The molecule has 0 bridgehead atoms. The first kappa shape index (κ1) is 32.8. The number of carbonyl (C=O) groups is 1. The topological polar surface area (TPSA) is 64.0 Å². The van der Waals surface area contributed by atoms with E-state index in [1.807, 2.05) is 12.1 Å². The SMILES string of the molecule is CC1CCC(NC(=O)C2CCCC(C(F)(F)F)C2)CC1c1cc2cnc(CCC3CCC(C(F)(F)F)CC3)cc2n(C)c1=O. The number of hydrogen-bond donors (Lipinski definition) is 1. The number of nitrogens with zero attached hydrogens (tertiary/aromatic N) is 2. The van der Waals surface area contributed by atoms with E-state index in [2.05, 4.69) is 17.2 Å². The molecule has 2 aromatic heterocycles. The second-order valence-electron chi connectivity index (χ2n) is 13.7. The highest BCUT2D eigenvalue weighted by Crippen LogP contribution is 2.42. The number of pyridine rings is 2. The molecule has 5 atom stereocenters. The van der Waals surface area contributed by atoms with Crippen molar-refractivity contribution in [2.24, 2.45) is 36.6 Å². The summed E-state index contributed by atoms with van der Waals surface area (Å²) in [6, 6.07) is 3.57. The molecule has 2 heterocycles. The number of amides is 1. The summed E-state index contributed by atoms with van der Waals surface area (Å²) in [5.74, 6) is -3.26. The number of hydrogen-bond acceptors (Lipinski definition) is 3. The van der Waals surface area contributed by atoms with Crippen LogP contribution in [0.3, 0.4) is 0 Å². The van der Waals surface area contributed by atoms with E-state index in [-0.39, 0.29) is 60.9 Å². The third-order valence-corrected chi connectivity index (χ3v) is 10.8. The Morgan fingerprint density at radius 2 is 1.64 bits per heavy atom. The van der Waals surface area contributed by atoms with Gasteiger partial charge in [-0.1, -0.05) is 13.3 Å². The van der Waals surface area contributed by atoms with Crippen molar-refractivity contribution < 1.29 is 31.1 Å². The summed E-state index contributed by atoms with van der Waals surface area (Å²) in [5.41, 5.74) is 2.08. The van der Waals surface area contributed by atoms with E-state index in [9.17, 15) is 35.9 Å². The summed E-state index contributed by atoms with van der Waals surface area (Å²) in [4.78, 5) is 31.2. The first-order chi connectivity index (χ1) is 20.7. The minimum absolute atomic E-state index is 0.0736. The molecule has 3 saturated carbocycles. The fraction of sp³-hybridized carbons (Fsp3) is 0.727. The van der Waals surface area contributed by atoms with Gasteiger partial charge in [0, 0.05) is 41.8 Å². The van der Waals surface area contributed by atoms with Crippen LogP contribution >= 0.6 is 0 Å². The van der Waals surface area contributed by atoms with Gasteiger partial charge in [-0.3, -0.25) is 14.6 Å². The molecule has 5 rings (SSSR count). The van der Waals surface area contributed by atoms with E-state index in [4.69, 9.17) is 0 Å². The van der Waals surface area contributed by atoms with Gasteiger partial charge in [0.05, 0.1) is 17.4 Å². The lowest BCUT2D eigenvalue weighted by Crippen LogP contribution is -2.45. The minimum atomic E-state index is -4.28. The van der Waals surface area contributed by atoms with Gasteiger partial charge in [0.1, 0.15) is 0 Å². The Morgan fingerprint density at radius 3 is 2.32 bits per heavy atom. The van der Waals surface area contributed by atoms with Crippen LogP contribution in [0.4, 0.5) is 26.3 Å². The Hall–Kier alpha value is -2.59. The highest BCUT2D eigenvalue weighted by atomic mass is 19.4. The van der Waals surface area contributed by atoms with Gasteiger partial charge < -0.3 is 9.88 Å². The number of alkyl halides is 6. The molecule has 11 heteroatoms. The molecule has 3 fully saturated rings. The molecule has 1 amide bonds. The maximum absolute atomic E-state index is 13.6. The van der Waals surface area contributed by atoms with Crippen LogP contribution in [0.15, 0.2) is 23.1 Å². The van der Waals surface area contributed by atoms with Crippen molar-refractivity contribution in [3.05, 3.63) is 39.9 Å². The second kappa shape index (κ2) is 13.0. The van der Waals surface area contributed by atoms with Gasteiger partial charge in [-0.05, 0) is 107 Å². The zero-order valence-corrected chi connectivity index (χ0v) is 25.4. The normalized spacial score (nSPS) is 30.3. The van der Waals surface area contributed by atoms with E-state index in [0.717, 1.165) is 35.9 Å². The molecule has 0 aliphatic heterocycles. The van der Waals surface area contributed by atoms with Gasteiger partial charge >= 0.3 is 12.4 Å². The molecule has 5 nitrogen and oxygen atoms in total. The van der Waals surface area contributed by atoms with Crippen molar-refractivity contribution in [3.8, 4) is 0 Å². The predicted molar refractivity (Wildman–Crippen MR) is 156 cm³/mol. The Kier molecular flexibility index (Phi) is 9.71. The zero-order chi connectivity index (χ0) is 31.8. The molecule has 0 saturated heterocycles. The number of rotatable bonds is 6. The Bertz CT molecular complexity index is 1380. The van der Waals surface area contributed by atoms with Gasteiger partial charge in [-0.15, -0.1) is 0 Å². The standard InChI is InChI=1S/C33H43F6N3O2/c1-19-6-12-26(41-30(43)21-4-3-5-24(14-21)33(37,38)39)16-27(19)28-15-22-18-40-25(17-29(22)42(2)31(28)44)13-9-20-7-10-23(11-8-20)32(34,35)36/h15,17-21,23-24,26-27H,3-14,16H2,1-2H3,(H,41,43). The molecule has 3 aliphatic rings. The number of halogens is 6. The molecule has 1 N–H and O–H groups in total. The molecule has 0 aromatic carbocycles. The van der Waals surface area contributed by atoms with E-state index < -0.39 is 30.1 Å². The maximum atomic E-state index is 13.6. The summed E-state index contributed by atoms with van der Waals surface area (Å²) in [6.07, 6.45) is -0.944. The highest BCUT2D eigenvalue weighted by molar-refractivity contribution is 5.80. The fourth-order valence-electron chi connectivity index (χ4n) is 7.89. The first-order valence-corrected chi connectivity index (χ1v) is 16.1. The second-order valence-corrected chi connectivity index (χ2v) is 13.7. The fourth-order valence-corrected chi connectivity index (χ4v) is 7.89. The highest BCUT2D eigenvalue weighted by Gasteiger charge is 2.44. The Labute approximate surface area is 254 Å². The number of nitrogens with one attached hydrogen (secondary N) is 1. The Morgan fingerprint density at radius 1 is 0.932 bits per heavy atom. The lowest BCUT2D eigenvalue weighted by atomic mass is 9.74. The average Bonchev–Trinajstić information content (AvgIpc) is 2.98. The van der Waals surface area contributed by atoms with Crippen LogP contribution in [0.2, 0.25) is 0 Å². The third-order valence-electron chi connectivity index (χ3n) is 10.8. The van der Waals surface area contributed by atoms with E-state index >= 15 is 0 Å². The number of aryl methyl sites for hydroxylation is 2. The molecule has 3 aliphatic carbocycles. The van der Waals surface area contributed by atoms with Gasteiger partial charge in [0.25, 0.3) is 5.56 Å². The molecular formula is C33H43F6N3O2. The summed E-state index contributed by atoms with van der Waals surface area (Å²) < 4.78 is 80.5.